The maximum Gasteiger partial charge on any atom is 0.267 e. The summed E-state index contributed by atoms with van der Waals surface area (Å²) in [5.41, 5.74) is 15.8. The van der Waals surface area contributed by atoms with Gasteiger partial charge in [0.15, 0.2) is 0 Å². The Labute approximate surface area is 73.7 Å². The number of pyridine rings is 1. The van der Waals surface area contributed by atoms with E-state index < -0.39 is 6.43 Å². The molecule has 0 aliphatic carbocycles. The van der Waals surface area contributed by atoms with Crippen LogP contribution in [0.25, 0.3) is 0 Å². The Balaban J connectivity index is 3.30. The Morgan fingerprint density at radius 1 is 1.38 bits per heavy atom. The molecule has 13 heavy (non-hydrogen) atoms. The average molecular weight is 188 g/mol. The van der Waals surface area contributed by atoms with Gasteiger partial charge in [0.1, 0.15) is 11.6 Å². The molecule has 0 aromatic carbocycles. The van der Waals surface area contributed by atoms with E-state index in [0.717, 1.165) is 0 Å². The summed E-state index contributed by atoms with van der Waals surface area (Å²) in [6.07, 6.45) is -2.67. The highest BCUT2D eigenvalue weighted by atomic mass is 19.3. The van der Waals surface area contributed by atoms with E-state index in [1.54, 1.807) is 0 Å². The monoisotopic (exact) mass is 188 g/mol. The maximum atomic E-state index is 12.4. The molecule has 0 saturated heterocycles. The number of hydrogen-bond acceptors (Lipinski definition) is 4. The highest BCUT2D eigenvalue weighted by molar-refractivity contribution is 5.52. The summed E-state index contributed by atoms with van der Waals surface area (Å²) in [7, 11) is 0. The summed E-state index contributed by atoms with van der Waals surface area (Å²) in [4.78, 5) is 3.52. The number of nitrogen functional groups attached to an aromatic ring is 2. The third kappa shape index (κ3) is 1.83. The molecule has 0 atom stereocenters. The number of halogens is 2. The highest BCUT2D eigenvalue weighted by Gasteiger charge is 2.17. The predicted octanol–water partition coefficient (Wildman–Crippen LogP) is 0.642. The zero-order valence-corrected chi connectivity index (χ0v) is 6.80. The predicted molar refractivity (Wildman–Crippen MR) is 45.9 cm³/mol. The number of hydrogen-bond donors (Lipinski definition) is 3. The minimum absolute atomic E-state index is 0.0312. The number of rotatable bonds is 2. The van der Waals surface area contributed by atoms with Crippen LogP contribution < -0.4 is 17.2 Å². The second-order valence-corrected chi connectivity index (χ2v) is 2.51. The van der Waals surface area contributed by atoms with Crippen LogP contribution in [0.15, 0.2) is 6.07 Å². The number of anilines is 2. The molecule has 0 aliphatic heterocycles. The summed E-state index contributed by atoms with van der Waals surface area (Å²) in [6.45, 7) is -0.0312. The van der Waals surface area contributed by atoms with Crippen LogP contribution in [-0.2, 0) is 6.54 Å². The number of nitrogens with zero attached hydrogens (tertiary/aromatic N) is 1. The largest absolute Gasteiger partial charge is 0.384 e. The van der Waals surface area contributed by atoms with Crippen molar-refractivity contribution in [2.24, 2.45) is 5.73 Å². The van der Waals surface area contributed by atoms with Crippen molar-refractivity contribution in [3.05, 3.63) is 17.2 Å². The molecule has 4 nitrogen and oxygen atoms in total. The van der Waals surface area contributed by atoms with E-state index in [2.05, 4.69) is 4.98 Å². The molecule has 1 heterocycles. The molecular formula is C7H10F2N4. The quantitative estimate of drug-likeness (QED) is 0.635. The Kier molecular flexibility index (Phi) is 2.62. The number of nitrogens with two attached hydrogens (primary N) is 3. The molecular weight excluding hydrogens is 178 g/mol. The van der Waals surface area contributed by atoms with Gasteiger partial charge < -0.3 is 17.2 Å². The van der Waals surface area contributed by atoms with Gasteiger partial charge in [-0.25, -0.2) is 13.8 Å². The average Bonchev–Trinajstić information content (AvgIpc) is 2.01. The Morgan fingerprint density at radius 2 is 2.00 bits per heavy atom. The summed E-state index contributed by atoms with van der Waals surface area (Å²) in [6, 6.07) is 1.30. The van der Waals surface area contributed by atoms with Crippen LogP contribution in [0.5, 0.6) is 0 Å². The van der Waals surface area contributed by atoms with Crippen molar-refractivity contribution in [2.75, 3.05) is 11.5 Å². The first-order valence-corrected chi connectivity index (χ1v) is 3.59. The molecule has 1 rings (SSSR count). The lowest BCUT2D eigenvalue weighted by Crippen LogP contribution is -2.09. The van der Waals surface area contributed by atoms with Gasteiger partial charge in [-0.3, -0.25) is 0 Å². The molecule has 0 fully saturated rings. The van der Waals surface area contributed by atoms with Crippen LogP contribution in [0.1, 0.15) is 17.6 Å². The fourth-order valence-electron chi connectivity index (χ4n) is 1.07. The molecule has 0 bridgehead atoms. The molecule has 72 valence electrons. The molecule has 0 spiro atoms. The molecule has 1 aromatic heterocycles. The van der Waals surface area contributed by atoms with E-state index in [1.165, 1.54) is 6.07 Å². The lowest BCUT2D eigenvalue weighted by Gasteiger charge is -2.09. The van der Waals surface area contributed by atoms with Crippen molar-refractivity contribution in [1.29, 1.82) is 0 Å². The number of aromatic nitrogens is 1. The highest BCUT2D eigenvalue weighted by Crippen LogP contribution is 2.28. The second kappa shape index (κ2) is 3.53. The van der Waals surface area contributed by atoms with Crippen LogP contribution in [0.4, 0.5) is 20.4 Å². The Bertz CT molecular complexity index is 314. The summed E-state index contributed by atoms with van der Waals surface area (Å²) in [5, 5.41) is 0. The maximum absolute atomic E-state index is 12.4. The standard InChI is InChI=1S/C7H10F2N4/c8-6(9)5-3(2-10)1-4(11)13-7(5)12/h1,6H,2,10H2,(H4,11,12,13). The van der Waals surface area contributed by atoms with Crippen LogP contribution in [-0.4, -0.2) is 4.98 Å². The fraction of sp³-hybridized carbons (Fsp3) is 0.286. The van der Waals surface area contributed by atoms with Crippen LogP contribution >= 0.6 is 0 Å². The van der Waals surface area contributed by atoms with E-state index in [-0.39, 0.29) is 29.3 Å². The minimum atomic E-state index is -2.67. The number of alkyl halides is 2. The van der Waals surface area contributed by atoms with Gasteiger partial charge in [-0.15, -0.1) is 0 Å². The van der Waals surface area contributed by atoms with Gasteiger partial charge in [0.25, 0.3) is 6.43 Å². The van der Waals surface area contributed by atoms with E-state index >= 15 is 0 Å². The normalized spacial score (nSPS) is 10.8. The van der Waals surface area contributed by atoms with Crippen LogP contribution in [0.2, 0.25) is 0 Å². The smallest absolute Gasteiger partial charge is 0.267 e. The van der Waals surface area contributed by atoms with Gasteiger partial charge in [0.2, 0.25) is 0 Å². The fourth-order valence-corrected chi connectivity index (χ4v) is 1.07. The van der Waals surface area contributed by atoms with Crippen molar-refractivity contribution in [2.45, 2.75) is 13.0 Å². The molecule has 0 saturated carbocycles. The van der Waals surface area contributed by atoms with Crippen LogP contribution in [0.3, 0.4) is 0 Å². The van der Waals surface area contributed by atoms with Gasteiger partial charge >= 0.3 is 0 Å². The Hall–Kier alpha value is -1.43. The van der Waals surface area contributed by atoms with Gasteiger partial charge in [0.05, 0.1) is 5.56 Å². The van der Waals surface area contributed by atoms with E-state index in [0.29, 0.717) is 0 Å². The van der Waals surface area contributed by atoms with Gasteiger partial charge in [-0.1, -0.05) is 0 Å². The molecule has 0 amide bonds. The molecule has 0 unspecified atom stereocenters. The second-order valence-electron chi connectivity index (χ2n) is 2.51. The first kappa shape index (κ1) is 9.66. The lowest BCUT2D eigenvalue weighted by molar-refractivity contribution is 0.151. The van der Waals surface area contributed by atoms with Crippen molar-refractivity contribution in [1.82, 2.24) is 4.98 Å². The van der Waals surface area contributed by atoms with Gasteiger partial charge in [-0.2, -0.15) is 0 Å². The summed E-state index contributed by atoms with van der Waals surface area (Å²) < 4.78 is 24.8. The zero-order valence-electron chi connectivity index (χ0n) is 6.80. The molecule has 6 N–H and O–H groups in total. The van der Waals surface area contributed by atoms with Gasteiger partial charge in [-0.05, 0) is 11.6 Å². The zero-order chi connectivity index (χ0) is 10.0. The first-order valence-electron chi connectivity index (χ1n) is 3.59. The van der Waals surface area contributed by atoms with Crippen molar-refractivity contribution >= 4 is 11.6 Å². The first-order chi connectivity index (χ1) is 6.06. The third-order valence-electron chi connectivity index (χ3n) is 1.63. The Morgan fingerprint density at radius 3 is 2.46 bits per heavy atom. The van der Waals surface area contributed by atoms with Gasteiger partial charge in [0, 0.05) is 6.54 Å². The van der Waals surface area contributed by atoms with E-state index in [1.807, 2.05) is 0 Å². The molecule has 0 aliphatic rings. The SMILES string of the molecule is NCc1cc(N)nc(N)c1C(F)F. The third-order valence-corrected chi connectivity index (χ3v) is 1.63. The summed E-state index contributed by atoms with van der Waals surface area (Å²) >= 11 is 0. The van der Waals surface area contributed by atoms with E-state index in [9.17, 15) is 8.78 Å². The molecule has 6 heteroatoms. The lowest BCUT2D eigenvalue weighted by atomic mass is 10.1. The van der Waals surface area contributed by atoms with Crippen molar-refractivity contribution < 1.29 is 8.78 Å². The molecule has 0 radical (unpaired) electrons. The van der Waals surface area contributed by atoms with Crippen molar-refractivity contribution in [3.8, 4) is 0 Å². The van der Waals surface area contributed by atoms with E-state index in [4.69, 9.17) is 17.2 Å². The van der Waals surface area contributed by atoms with Crippen molar-refractivity contribution in [3.63, 3.8) is 0 Å². The topological polar surface area (TPSA) is 91.0 Å². The molecule has 1 aromatic rings. The van der Waals surface area contributed by atoms with Crippen LogP contribution in [0, 0.1) is 0 Å². The minimum Gasteiger partial charge on any atom is -0.384 e. The summed E-state index contributed by atoms with van der Waals surface area (Å²) in [5.74, 6) is -0.155.